The summed E-state index contributed by atoms with van der Waals surface area (Å²) in [5.74, 6) is 0. The minimum absolute atomic E-state index is 0.0679. The van der Waals surface area contributed by atoms with Gasteiger partial charge >= 0.3 is 0 Å². The van der Waals surface area contributed by atoms with E-state index in [-0.39, 0.29) is 18.1 Å². The molecule has 56 valence electrons. The topological polar surface area (TPSA) is 40.5 Å². The van der Waals surface area contributed by atoms with Crippen molar-refractivity contribution in [1.29, 1.82) is 0 Å². The molecule has 0 aromatic carbocycles. The third-order valence-electron chi connectivity index (χ3n) is 1.40. The van der Waals surface area contributed by atoms with Crippen molar-refractivity contribution in [3.8, 4) is 0 Å². The van der Waals surface area contributed by atoms with Crippen molar-refractivity contribution in [3.05, 3.63) is 0 Å². The van der Waals surface area contributed by atoms with Gasteiger partial charge in [0.2, 0.25) is 0 Å². The molecule has 0 aliphatic carbocycles. The van der Waals surface area contributed by atoms with Crippen LogP contribution in [0.1, 0.15) is 27.2 Å². The molecule has 1 atom stereocenters. The lowest BCUT2D eigenvalue weighted by atomic mass is 9.87. The first kappa shape index (κ1) is 8.92. The molecule has 0 aliphatic heterocycles. The Morgan fingerprint density at radius 2 is 1.78 bits per heavy atom. The predicted molar refractivity (Wildman–Crippen MR) is 37.2 cm³/mol. The molecule has 0 rings (SSSR count). The van der Waals surface area contributed by atoms with Crippen molar-refractivity contribution in [2.24, 2.45) is 5.41 Å². The molecule has 1 unspecified atom stereocenters. The zero-order chi connectivity index (χ0) is 7.49. The van der Waals surface area contributed by atoms with E-state index in [4.69, 9.17) is 5.11 Å². The number of aliphatic hydroxyl groups excluding tert-OH is 2. The van der Waals surface area contributed by atoms with Crippen LogP contribution in [-0.4, -0.2) is 22.9 Å². The largest absolute Gasteiger partial charge is 0.396 e. The molecule has 0 amide bonds. The minimum Gasteiger partial charge on any atom is -0.396 e. The Bertz CT molecular complexity index is 73.5. The van der Waals surface area contributed by atoms with E-state index in [2.05, 4.69) is 0 Å². The summed E-state index contributed by atoms with van der Waals surface area (Å²) in [4.78, 5) is 0. The van der Waals surface area contributed by atoms with Gasteiger partial charge in [0.1, 0.15) is 0 Å². The molecule has 0 fully saturated rings. The first-order valence-electron chi connectivity index (χ1n) is 3.27. The average Bonchev–Trinajstić information content (AvgIpc) is 1.64. The molecule has 0 bridgehead atoms. The summed E-state index contributed by atoms with van der Waals surface area (Å²) in [5.41, 5.74) is -0.0945. The Kier molecular flexibility index (Phi) is 3.15. The molecule has 9 heavy (non-hydrogen) atoms. The Labute approximate surface area is 56.5 Å². The summed E-state index contributed by atoms with van der Waals surface area (Å²) in [6, 6.07) is 0. The van der Waals surface area contributed by atoms with Crippen molar-refractivity contribution in [3.63, 3.8) is 0 Å². The van der Waals surface area contributed by atoms with Gasteiger partial charge in [-0.3, -0.25) is 0 Å². The molecular weight excluding hydrogens is 116 g/mol. The van der Waals surface area contributed by atoms with Gasteiger partial charge in [-0.15, -0.1) is 0 Å². The quantitative estimate of drug-likeness (QED) is 0.582. The van der Waals surface area contributed by atoms with E-state index in [0.717, 1.165) is 0 Å². The fraction of sp³-hybridized carbons (Fsp3) is 1.00. The summed E-state index contributed by atoms with van der Waals surface area (Å²) < 4.78 is 0. The van der Waals surface area contributed by atoms with Crippen LogP contribution in [0.15, 0.2) is 0 Å². The Morgan fingerprint density at radius 1 is 1.33 bits per heavy atom. The molecule has 0 aliphatic rings. The van der Waals surface area contributed by atoms with E-state index >= 15 is 0 Å². The van der Waals surface area contributed by atoms with Gasteiger partial charge in [-0.05, 0) is 11.8 Å². The van der Waals surface area contributed by atoms with Crippen LogP contribution >= 0.6 is 0 Å². The highest BCUT2D eigenvalue weighted by Gasteiger charge is 2.20. The van der Waals surface area contributed by atoms with Gasteiger partial charge in [-0.1, -0.05) is 20.8 Å². The second-order valence-corrected chi connectivity index (χ2v) is 3.39. The van der Waals surface area contributed by atoms with Gasteiger partial charge in [0.25, 0.3) is 0 Å². The molecular formula is C7H16O2. The Balaban J connectivity index is 3.59. The Morgan fingerprint density at radius 3 is 1.89 bits per heavy atom. The van der Waals surface area contributed by atoms with E-state index in [0.29, 0.717) is 6.42 Å². The summed E-state index contributed by atoms with van der Waals surface area (Å²) >= 11 is 0. The third-order valence-corrected chi connectivity index (χ3v) is 1.40. The standard InChI is InChI=1S/C7H16O2/c1-7(2,3)6(9)4-5-8/h6,8-9H,4-5H2,1-3H3. The van der Waals surface area contributed by atoms with Gasteiger partial charge < -0.3 is 10.2 Å². The number of hydrogen-bond donors (Lipinski definition) is 2. The molecule has 0 aromatic heterocycles. The maximum absolute atomic E-state index is 9.23. The zero-order valence-electron chi connectivity index (χ0n) is 6.39. The van der Waals surface area contributed by atoms with Gasteiger partial charge in [-0.25, -0.2) is 0 Å². The second kappa shape index (κ2) is 3.18. The van der Waals surface area contributed by atoms with E-state index < -0.39 is 0 Å². The molecule has 0 saturated carbocycles. The first-order valence-corrected chi connectivity index (χ1v) is 3.27. The smallest absolute Gasteiger partial charge is 0.0610 e. The summed E-state index contributed by atoms with van der Waals surface area (Å²) in [5, 5.41) is 17.7. The number of rotatable bonds is 2. The van der Waals surface area contributed by atoms with Crippen molar-refractivity contribution in [2.45, 2.75) is 33.3 Å². The number of aliphatic hydroxyl groups is 2. The van der Waals surface area contributed by atoms with E-state index in [9.17, 15) is 5.11 Å². The highest BCUT2D eigenvalue weighted by molar-refractivity contribution is 4.71. The van der Waals surface area contributed by atoms with Gasteiger partial charge in [0.15, 0.2) is 0 Å². The molecule has 2 heteroatoms. The van der Waals surface area contributed by atoms with Crippen molar-refractivity contribution in [1.82, 2.24) is 0 Å². The second-order valence-electron chi connectivity index (χ2n) is 3.39. The third kappa shape index (κ3) is 3.49. The lowest BCUT2D eigenvalue weighted by Crippen LogP contribution is -2.26. The van der Waals surface area contributed by atoms with Crippen LogP contribution in [0.5, 0.6) is 0 Å². The maximum atomic E-state index is 9.23. The first-order chi connectivity index (χ1) is 3.98. The minimum atomic E-state index is -0.387. The van der Waals surface area contributed by atoms with Crippen LogP contribution in [-0.2, 0) is 0 Å². The van der Waals surface area contributed by atoms with Crippen LogP contribution < -0.4 is 0 Å². The van der Waals surface area contributed by atoms with Crippen LogP contribution in [0.2, 0.25) is 0 Å². The van der Waals surface area contributed by atoms with Crippen LogP contribution in [0.25, 0.3) is 0 Å². The number of hydrogen-bond acceptors (Lipinski definition) is 2. The van der Waals surface area contributed by atoms with Crippen LogP contribution in [0.4, 0.5) is 0 Å². The van der Waals surface area contributed by atoms with E-state index in [1.54, 1.807) is 0 Å². The predicted octanol–water partition coefficient (Wildman–Crippen LogP) is 0.776. The van der Waals surface area contributed by atoms with Gasteiger partial charge in [0, 0.05) is 6.61 Å². The van der Waals surface area contributed by atoms with Crippen molar-refractivity contribution in [2.75, 3.05) is 6.61 Å². The zero-order valence-corrected chi connectivity index (χ0v) is 6.39. The molecule has 0 saturated heterocycles. The molecule has 2 N–H and O–H groups in total. The molecule has 0 aromatic rings. The van der Waals surface area contributed by atoms with E-state index in [1.165, 1.54) is 0 Å². The van der Waals surface area contributed by atoms with Gasteiger partial charge in [0.05, 0.1) is 6.10 Å². The van der Waals surface area contributed by atoms with Crippen molar-refractivity contribution >= 4 is 0 Å². The Hall–Kier alpha value is -0.0800. The summed E-state index contributed by atoms with van der Waals surface area (Å²) in [6.45, 7) is 5.92. The van der Waals surface area contributed by atoms with Crippen LogP contribution in [0, 0.1) is 5.41 Å². The van der Waals surface area contributed by atoms with Crippen molar-refractivity contribution < 1.29 is 10.2 Å². The maximum Gasteiger partial charge on any atom is 0.0610 e. The molecule has 0 radical (unpaired) electrons. The summed E-state index contributed by atoms with van der Waals surface area (Å²) in [7, 11) is 0. The highest BCUT2D eigenvalue weighted by Crippen LogP contribution is 2.20. The lowest BCUT2D eigenvalue weighted by Gasteiger charge is -2.24. The molecule has 0 spiro atoms. The lowest BCUT2D eigenvalue weighted by molar-refractivity contribution is 0.0405. The average molecular weight is 132 g/mol. The fourth-order valence-electron chi connectivity index (χ4n) is 0.555. The van der Waals surface area contributed by atoms with Crippen LogP contribution in [0.3, 0.4) is 0 Å². The van der Waals surface area contributed by atoms with E-state index in [1.807, 2.05) is 20.8 Å². The molecule has 0 heterocycles. The monoisotopic (exact) mass is 132 g/mol. The van der Waals surface area contributed by atoms with Gasteiger partial charge in [-0.2, -0.15) is 0 Å². The fourth-order valence-corrected chi connectivity index (χ4v) is 0.555. The SMILES string of the molecule is CC(C)(C)C(O)CCO. The highest BCUT2D eigenvalue weighted by atomic mass is 16.3. The molecule has 2 nitrogen and oxygen atoms in total. The normalized spacial score (nSPS) is 15.7. The summed E-state index contributed by atoms with van der Waals surface area (Å²) in [6.07, 6.45) is 0.0891.